The van der Waals surface area contributed by atoms with Crippen molar-refractivity contribution >= 4 is 17.6 Å². The number of amides is 1. The average molecular weight is 293 g/mol. The molecule has 2 unspecified atom stereocenters. The van der Waals surface area contributed by atoms with E-state index < -0.39 is 18.2 Å². The molecule has 114 valence electrons. The predicted octanol–water partition coefficient (Wildman–Crippen LogP) is 2.05. The van der Waals surface area contributed by atoms with Crippen LogP contribution in [0.25, 0.3) is 0 Å². The standard InChI is InChI=1S/C15H19NO5/c1-2-9-20-11-6-4-3-5-10(11)16-14(17)12-7-8-13(21-12)15(18)19/h3-6,12-13H,2,7-9H2,1H3,(H,16,17)(H,18,19). The molecule has 0 bridgehead atoms. The normalized spacial score (nSPS) is 21.0. The first-order valence-corrected chi connectivity index (χ1v) is 7.02. The van der Waals surface area contributed by atoms with Gasteiger partial charge in [0.05, 0.1) is 12.3 Å². The molecule has 1 aromatic carbocycles. The van der Waals surface area contributed by atoms with Gasteiger partial charge in [0, 0.05) is 0 Å². The van der Waals surface area contributed by atoms with Crippen LogP contribution in [0.5, 0.6) is 5.75 Å². The SMILES string of the molecule is CCCOc1ccccc1NC(=O)C1CCC(C(=O)O)O1. The molecular weight excluding hydrogens is 274 g/mol. The van der Waals surface area contributed by atoms with E-state index in [1.54, 1.807) is 18.2 Å². The van der Waals surface area contributed by atoms with E-state index in [1.807, 2.05) is 13.0 Å². The predicted molar refractivity (Wildman–Crippen MR) is 76.4 cm³/mol. The van der Waals surface area contributed by atoms with Gasteiger partial charge in [-0.25, -0.2) is 4.79 Å². The van der Waals surface area contributed by atoms with Crippen LogP contribution in [0.2, 0.25) is 0 Å². The van der Waals surface area contributed by atoms with Crippen LogP contribution < -0.4 is 10.1 Å². The number of ether oxygens (including phenoxy) is 2. The number of carboxylic acids is 1. The van der Waals surface area contributed by atoms with Crippen LogP contribution in [0.1, 0.15) is 26.2 Å². The van der Waals surface area contributed by atoms with Crippen LogP contribution >= 0.6 is 0 Å². The molecule has 6 heteroatoms. The molecule has 2 rings (SSSR count). The summed E-state index contributed by atoms with van der Waals surface area (Å²) in [6.45, 7) is 2.56. The van der Waals surface area contributed by atoms with Crippen molar-refractivity contribution < 1.29 is 24.2 Å². The van der Waals surface area contributed by atoms with Crippen molar-refractivity contribution in [1.82, 2.24) is 0 Å². The molecule has 2 N–H and O–H groups in total. The fourth-order valence-electron chi connectivity index (χ4n) is 2.13. The lowest BCUT2D eigenvalue weighted by Gasteiger charge is -2.15. The summed E-state index contributed by atoms with van der Waals surface area (Å²) in [5, 5.41) is 11.6. The van der Waals surface area contributed by atoms with Crippen LogP contribution in [-0.2, 0) is 14.3 Å². The molecule has 0 aliphatic carbocycles. The van der Waals surface area contributed by atoms with Gasteiger partial charge in [-0.2, -0.15) is 0 Å². The molecule has 1 aliphatic heterocycles. The summed E-state index contributed by atoms with van der Waals surface area (Å²) in [5.74, 6) is -0.774. The summed E-state index contributed by atoms with van der Waals surface area (Å²) in [6.07, 6.45) is -0.00564. The number of hydrogen-bond acceptors (Lipinski definition) is 4. The van der Waals surface area contributed by atoms with E-state index in [2.05, 4.69) is 5.32 Å². The Morgan fingerprint density at radius 2 is 2.05 bits per heavy atom. The van der Waals surface area contributed by atoms with Crippen LogP contribution in [0.3, 0.4) is 0 Å². The van der Waals surface area contributed by atoms with Gasteiger partial charge in [0.15, 0.2) is 6.10 Å². The molecule has 0 radical (unpaired) electrons. The molecule has 1 amide bonds. The highest BCUT2D eigenvalue weighted by molar-refractivity contribution is 5.96. The maximum absolute atomic E-state index is 12.1. The Kier molecular flexibility index (Phi) is 5.16. The zero-order valence-electron chi connectivity index (χ0n) is 11.9. The third-order valence-electron chi connectivity index (χ3n) is 3.19. The number of anilines is 1. The number of carbonyl (C=O) groups is 2. The lowest BCUT2D eigenvalue weighted by Crippen LogP contribution is -2.30. The second-order valence-corrected chi connectivity index (χ2v) is 4.86. The highest BCUT2D eigenvalue weighted by Gasteiger charge is 2.34. The number of carbonyl (C=O) groups excluding carboxylic acids is 1. The Labute approximate surface area is 123 Å². The number of para-hydroxylation sites is 2. The summed E-state index contributed by atoms with van der Waals surface area (Å²) < 4.78 is 10.8. The van der Waals surface area contributed by atoms with Gasteiger partial charge in [-0.15, -0.1) is 0 Å². The van der Waals surface area contributed by atoms with E-state index in [0.717, 1.165) is 6.42 Å². The van der Waals surface area contributed by atoms with Gasteiger partial charge in [-0.1, -0.05) is 19.1 Å². The van der Waals surface area contributed by atoms with Crippen LogP contribution in [-0.4, -0.2) is 35.8 Å². The Balaban J connectivity index is 1.98. The molecule has 1 fully saturated rings. The maximum atomic E-state index is 12.1. The molecule has 1 aliphatic rings. The molecule has 21 heavy (non-hydrogen) atoms. The minimum atomic E-state index is -1.03. The fraction of sp³-hybridized carbons (Fsp3) is 0.467. The zero-order valence-corrected chi connectivity index (χ0v) is 11.9. The van der Waals surface area contributed by atoms with Crippen molar-refractivity contribution in [1.29, 1.82) is 0 Å². The van der Waals surface area contributed by atoms with Crippen molar-refractivity contribution in [2.24, 2.45) is 0 Å². The summed E-state index contributed by atoms with van der Waals surface area (Å²) in [5.41, 5.74) is 0.568. The molecule has 0 saturated carbocycles. The van der Waals surface area contributed by atoms with Gasteiger partial charge in [-0.05, 0) is 31.4 Å². The van der Waals surface area contributed by atoms with Crippen LogP contribution in [0.4, 0.5) is 5.69 Å². The number of carboxylic acid groups (broad SMARTS) is 1. The first-order chi connectivity index (χ1) is 10.1. The van der Waals surface area contributed by atoms with E-state index in [9.17, 15) is 9.59 Å². The Morgan fingerprint density at radius 3 is 2.71 bits per heavy atom. The fourth-order valence-corrected chi connectivity index (χ4v) is 2.13. The average Bonchev–Trinajstić information content (AvgIpc) is 2.96. The zero-order chi connectivity index (χ0) is 15.2. The van der Waals surface area contributed by atoms with Gasteiger partial charge in [-0.3, -0.25) is 4.79 Å². The third-order valence-corrected chi connectivity index (χ3v) is 3.19. The lowest BCUT2D eigenvalue weighted by molar-refractivity contribution is -0.150. The summed E-state index contributed by atoms with van der Waals surface area (Å²) >= 11 is 0. The van der Waals surface area contributed by atoms with Crippen LogP contribution in [0.15, 0.2) is 24.3 Å². The lowest BCUT2D eigenvalue weighted by atomic mass is 10.2. The molecular formula is C15H19NO5. The second-order valence-electron chi connectivity index (χ2n) is 4.86. The maximum Gasteiger partial charge on any atom is 0.332 e. The molecule has 1 saturated heterocycles. The van der Waals surface area contributed by atoms with Crippen LogP contribution in [0, 0.1) is 0 Å². The Bertz CT molecular complexity index is 517. The van der Waals surface area contributed by atoms with Gasteiger partial charge in [0.2, 0.25) is 0 Å². The van der Waals surface area contributed by atoms with Gasteiger partial charge in [0.1, 0.15) is 11.9 Å². The van der Waals surface area contributed by atoms with Crippen molar-refractivity contribution in [3.8, 4) is 5.75 Å². The first-order valence-electron chi connectivity index (χ1n) is 7.02. The molecule has 0 aromatic heterocycles. The second kappa shape index (κ2) is 7.08. The van der Waals surface area contributed by atoms with Crippen molar-refractivity contribution in [3.05, 3.63) is 24.3 Å². The number of nitrogens with one attached hydrogen (secondary N) is 1. The van der Waals surface area contributed by atoms with E-state index in [0.29, 0.717) is 30.9 Å². The van der Waals surface area contributed by atoms with Gasteiger partial charge >= 0.3 is 5.97 Å². The highest BCUT2D eigenvalue weighted by atomic mass is 16.5. The Morgan fingerprint density at radius 1 is 1.33 bits per heavy atom. The number of benzene rings is 1. The van der Waals surface area contributed by atoms with Crippen molar-refractivity contribution in [2.75, 3.05) is 11.9 Å². The number of aliphatic carboxylic acids is 1. The minimum Gasteiger partial charge on any atom is -0.491 e. The van der Waals surface area contributed by atoms with E-state index in [1.165, 1.54) is 0 Å². The molecule has 2 atom stereocenters. The minimum absolute atomic E-state index is 0.341. The van der Waals surface area contributed by atoms with Gasteiger partial charge in [0.25, 0.3) is 5.91 Å². The van der Waals surface area contributed by atoms with E-state index >= 15 is 0 Å². The summed E-state index contributed by atoms with van der Waals surface area (Å²) in [4.78, 5) is 22.9. The van der Waals surface area contributed by atoms with E-state index in [4.69, 9.17) is 14.6 Å². The van der Waals surface area contributed by atoms with E-state index in [-0.39, 0.29) is 5.91 Å². The first kappa shape index (κ1) is 15.3. The van der Waals surface area contributed by atoms with Gasteiger partial charge < -0.3 is 19.9 Å². The Hall–Kier alpha value is -2.08. The summed E-state index contributed by atoms with van der Waals surface area (Å²) in [7, 11) is 0. The van der Waals surface area contributed by atoms with Crippen molar-refractivity contribution in [2.45, 2.75) is 38.4 Å². The molecule has 1 heterocycles. The third kappa shape index (κ3) is 3.95. The monoisotopic (exact) mass is 293 g/mol. The highest BCUT2D eigenvalue weighted by Crippen LogP contribution is 2.26. The van der Waals surface area contributed by atoms with Crippen molar-refractivity contribution in [3.63, 3.8) is 0 Å². The summed E-state index contributed by atoms with van der Waals surface area (Å²) in [6, 6.07) is 7.14. The number of hydrogen-bond donors (Lipinski definition) is 2. The molecule has 1 aromatic rings. The smallest absolute Gasteiger partial charge is 0.332 e. The quantitative estimate of drug-likeness (QED) is 0.838. The molecule has 6 nitrogen and oxygen atoms in total. The topological polar surface area (TPSA) is 84.9 Å². The molecule has 0 spiro atoms. The largest absolute Gasteiger partial charge is 0.491 e. The number of rotatable bonds is 6.